The van der Waals surface area contributed by atoms with Gasteiger partial charge in [0.1, 0.15) is 11.6 Å². The first-order chi connectivity index (χ1) is 10.0. The average Bonchev–Trinajstić information content (AvgIpc) is 2.83. The number of aliphatic hydroxyl groups excluding tert-OH is 1. The highest BCUT2D eigenvalue weighted by Crippen LogP contribution is 2.30. The summed E-state index contributed by atoms with van der Waals surface area (Å²) in [5, 5.41) is 10.3. The summed E-state index contributed by atoms with van der Waals surface area (Å²) in [5.41, 5.74) is 3.47. The van der Waals surface area contributed by atoms with E-state index in [1.165, 1.54) is 23.4 Å². The lowest BCUT2D eigenvalue weighted by molar-refractivity contribution is 0.177. The van der Waals surface area contributed by atoms with E-state index in [0.717, 1.165) is 24.6 Å². The lowest BCUT2D eigenvalue weighted by Gasteiger charge is -2.15. The number of hydrogen-bond acceptors (Lipinski definition) is 2. The van der Waals surface area contributed by atoms with Gasteiger partial charge in [-0.2, -0.15) is 0 Å². The maximum atomic E-state index is 13.6. The smallest absolute Gasteiger partial charge is 0.129 e. The number of nitrogens with zero attached hydrogens (tertiary/aromatic N) is 1. The molecule has 4 heteroatoms. The van der Waals surface area contributed by atoms with Gasteiger partial charge in [0, 0.05) is 31.8 Å². The second kappa shape index (κ2) is 5.45. The van der Waals surface area contributed by atoms with Crippen LogP contribution in [-0.2, 0) is 12.8 Å². The highest BCUT2D eigenvalue weighted by Gasteiger charge is 2.18. The molecule has 1 aliphatic heterocycles. The predicted octanol–water partition coefficient (Wildman–Crippen LogP) is 3.23. The van der Waals surface area contributed by atoms with E-state index >= 15 is 0 Å². The zero-order chi connectivity index (χ0) is 15.0. The fourth-order valence-electron chi connectivity index (χ4n) is 2.81. The van der Waals surface area contributed by atoms with E-state index in [1.807, 2.05) is 25.2 Å². The minimum absolute atomic E-state index is 0.140. The van der Waals surface area contributed by atoms with Crippen molar-refractivity contribution in [3.8, 4) is 0 Å². The Morgan fingerprint density at radius 1 is 1.19 bits per heavy atom. The molecular weight excluding hydrogens is 272 g/mol. The van der Waals surface area contributed by atoms with Crippen LogP contribution in [0.5, 0.6) is 0 Å². The number of anilines is 1. The van der Waals surface area contributed by atoms with E-state index in [4.69, 9.17) is 0 Å². The molecule has 1 heterocycles. The molecular formula is C17H17F2NO. The molecule has 0 saturated carbocycles. The Hall–Kier alpha value is -1.94. The van der Waals surface area contributed by atoms with Crippen LogP contribution in [0.15, 0.2) is 36.4 Å². The number of hydrogen-bond donors (Lipinski definition) is 1. The Bertz CT molecular complexity index is 672. The van der Waals surface area contributed by atoms with Crippen LogP contribution < -0.4 is 4.90 Å². The zero-order valence-corrected chi connectivity index (χ0v) is 11.8. The van der Waals surface area contributed by atoms with Gasteiger partial charge < -0.3 is 10.0 Å². The van der Waals surface area contributed by atoms with Crippen molar-refractivity contribution in [2.45, 2.75) is 18.9 Å². The van der Waals surface area contributed by atoms with Crippen molar-refractivity contribution in [3.63, 3.8) is 0 Å². The molecule has 1 unspecified atom stereocenters. The van der Waals surface area contributed by atoms with Crippen LogP contribution in [0.2, 0.25) is 0 Å². The minimum Gasteiger partial charge on any atom is -0.388 e. The van der Waals surface area contributed by atoms with E-state index in [9.17, 15) is 13.9 Å². The number of halogens is 2. The molecule has 0 radical (unpaired) electrons. The van der Waals surface area contributed by atoms with E-state index in [1.54, 1.807) is 0 Å². The largest absolute Gasteiger partial charge is 0.388 e. The standard InChI is InChI=1S/C17H17F2NO/c1-20-7-6-12-8-13(3-5-16(12)20)17(21)9-11-2-4-14(18)10-15(11)19/h2-5,8,10,17,21H,6-7,9H2,1H3. The summed E-state index contributed by atoms with van der Waals surface area (Å²) >= 11 is 0. The molecule has 2 aromatic rings. The van der Waals surface area contributed by atoms with Crippen LogP contribution in [0.25, 0.3) is 0 Å². The summed E-state index contributed by atoms with van der Waals surface area (Å²) in [7, 11) is 2.04. The third-order valence-corrected chi connectivity index (χ3v) is 4.04. The van der Waals surface area contributed by atoms with Gasteiger partial charge in [-0.1, -0.05) is 18.2 Å². The molecule has 0 spiro atoms. The number of aliphatic hydroxyl groups is 1. The normalized spacial score (nSPS) is 15.1. The lowest BCUT2D eigenvalue weighted by Crippen LogP contribution is -2.12. The molecule has 1 N–H and O–H groups in total. The van der Waals surface area contributed by atoms with Crippen molar-refractivity contribution in [1.29, 1.82) is 0 Å². The number of rotatable bonds is 3. The Labute approximate surface area is 122 Å². The van der Waals surface area contributed by atoms with Gasteiger partial charge >= 0.3 is 0 Å². The first-order valence-electron chi connectivity index (χ1n) is 7.00. The van der Waals surface area contributed by atoms with E-state index in [-0.39, 0.29) is 6.42 Å². The third-order valence-electron chi connectivity index (χ3n) is 4.04. The molecule has 0 aromatic heterocycles. The maximum absolute atomic E-state index is 13.6. The molecule has 0 amide bonds. The van der Waals surface area contributed by atoms with Gasteiger partial charge in [0.15, 0.2) is 0 Å². The predicted molar refractivity (Wildman–Crippen MR) is 78.4 cm³/mol. The summed E-state index contributed by atoms with van der Waals surface area (Å²) in [5.74, 6) is -1.22. The van der Waals surface area contributed by atoms with Crippen molar-refractivity contribution >= 4 is 5.69 Å². The highest BCUT2D eigenvalue weighted by molar-refractivity contribution is 5.58. The van der Waals surface area contributed by atoms with Crippen LogP contribution in [-0.4, -0.2) is 18.7 Å². The van der Waals surface area contributed by atoms with Gasteiger partial charge in [-0.15, -0.1) is 0 Å². The summed E-state index contributed by atoms with van der Waals surface area (Å²) in [4.78, 5) is 2.17. The van der Waals surface area contributed by atoms with Crippen LogP contribution in [0.3, 0.4) is 0 Å². The van der Waals surface area contributed by atoms with Crippen LogP contribution in [0.1, 0.15) is 22.8 Å². The zero-order valence-electron chi connectivity index (χ0n) is 11.8. The van der Waals surface area contributed by atoms with Gasteiger partial charge in [0.25, 0.3) is 0 Å². The van der Waals surface area contributed by atoms with Crippen LogP contribution in [0.4, 0.5) is 14.5 Å². The third kappa shape index (κ3) is 2.76. The number of benzene rings is 2. The summed E-state index contributed by atoms with van der Waals surface area (Å²) in [6.07, 6.45) is 0.305. The molecule has 0 fully saturated rings. The van der Waals surface area contributed by atoms with Crippen molar-refractivity contribution < 1.29 is 13.9 Å². The quantitative estimate of drug-likeness (QED) is 0.937. The van der Waals surface area contributed by atoms with Gasteiger partial charge in [-0.05, 0) is 35.2 Å². The Kier molecular flexibility index (Phi) is 3.64. The monoisotopic (exact) mass is 289 g/mol. The Morgan fingerprint density at radius 2 is 2.00 bits per heavy atom. The van der Waals surface area contributed by atoms with Crippen molar-refractivity contribution in [1.82, 2.24) is 0 Å². The van der Waals surface area contributed by atoms with E-state index in [2.05, 4.69) is 4.90 Å². The summed E-state index contributed by atoms with van der Waals surface area (Å²) in [6.45, 7) is 0.974. The van der Waals surface area contributed by atoms with Crippen LogP contribution >= 0.6 is 0 Å². The fraction of sp³-hybridized carbons (Fsp3) is 0.294. The van der Waals surface area contributed by atoms with Gasteiger partial charge in [0.05, 0.1) is 6.10 Å². The van der Waals surface area contributed by atoms with Gasteiger partial charge in [-0.3, -0.25) is 0 Å². The molecule has 0 bridgehead atoms. The first-order valence-corrected chi connectivity index (χ1v) is 7.00. The number of fused-ring (bicyclic) bond motifs is 1. The number of likely N-dealkylation sites (N-methyl/N-ethyl adjacent to an activating group) is 1. The topological polar surface area (TPSA) is 23.5 Å². The Balaban J connectivity index is 1.81. The first kappa shape index (κ1) is 14.0. The van der Waals surface area contributed by atoms with E-state index in [0.29, 0.717) is 5.56 Å². The summed E-state index contributed by atoms with van der Waals surface area (Å²) < 4.78 is 26.5. The average molecular weight is 289 g/mol. The van der Waals surface area contributed by atoms with E-state index < -0.39 is 17.7 Å². The molecule has 0 saturated heterocycles. The Morgan fingerprint density at radius 3 is 2.76 bits per heavy atom. The molecule has 21 heavy (non-hydrogen) atoms. The second-order valence-corrected chi connectivity index (χ2v) is 5.52. The maximum Gasteiger partial charge on any atom is 0.129 e. The van der Waals surface area contributed by atoms with Crippen molar-refractivity contribution in [2.75, 3.05) is 18.5 Å². The SMILES string of the molecule is CN1CCc2cc(C(O)Cc3ccc(F)cc3F)ccc21. The molecule has 1 atom stereocenters. The summed E-state index contributed by atoms with van der Waals surface area (Å²) in [6, 6.07) is 9.27. The molecule has 0 aliphatic carbocycles. The van der Waals surface area contributed by atoms with Crippen molar-refractivity contribution in [3.05, 3.63) is 64.7 Å². The van der Waals surface area contributed by atoms with Crippen molar-refractivity contribution in [2.24, 2.45) is 0 Å². The molecule has 1 aliphatic rings. The lowest BCUT2D eigenvalue weighted by atomic mass is 9.98. The minimum atomic E-state index is -0.791. The molecule has 110 valence electrons. The second-order valence-electron chi connectivity index (χ2n) is 5.52. The van der Waals surface area contributed by atoms with Gasteiger partial charge in [0.2, 0.25) is 0 Å². The molecule has 2 nitrogen and oxygen atoms in total. The molecule has 3 rings (SSSR count). The highest BCUT2D eigenvalue weighted by atomic mass is 19.1. The fourth-order valence-corrected chi connectivity index (χ4v) is 2.81. The molecule has 2 aromatic carbocycles. The van der Waals surface area contributed by atoms with Crippen LogP contribution in [0, 0.1) is 11.6 Å². The van der Waals surface area contributed by atoms with Gasteiger partial charge in [-0.25, -0.2) is 8.78 Å².